The molecule has 0 bridgehead atoms. The normalized spacial score (nSPS) is 30.9. The highest BCUT2D eigenvalue weighted by Crippen LogP contribution is 2.37. The van der Waals surface area contributed by atoms with Gasteiger partial charge >= 0.3 is 0 Å². The van der Waals surface area contributed by atoms with E-state index >= 15 is 0 Å². The summed E-state index contributed by atoms with van der Waals surface area (Å²) in [6.07, 6.45) is 5.62. The fourth-order valence-corrected chi connectivity index (χ4v) is 2.39. The van der Waals surface area contributed by atoms with Crippen LogP contribution in [0.5, 0.6) is 0 Å². The van der Waals surface area contributed by atoms with Gasteiger partial charge in [-0.25, -0.2) is 0 Å². The molecule has 0 spiro atoms. The van der Waals surface area contributed by atoms with Crippen LogP contribution in [0.1, 0.15) is 52.9 Å². The summed E-state index contributed by atoms with van der Waals surface area (Å²) < 4.78 is 0. The molecular weight excluding hydrogens is 174 g/mol. The monoisotopic (exact) mass is 199 g/mol. The van der Waals surface area contributed by atoms with Gasteiger partial charge in [0, 0.05) is 6.04 Å². The summed E-state index contributed by atoms with van der Waals surface area (Å²) >= 11 is 0. The largest absolute Gasteiger partial charge is 0.379 e. The standard InChI is InChI=1S/C12H25NO/c1-4-6-11(13-12(14)5-2)10-8-7-9(10)3/h9-14H,4-8H2,1-3H3. The van der Waals surface area contributed by atoms with Crippen LogP contribution in [-0.2, 0) is 0 Å². The zero-order valence-electron chi connectivity index (χ0n) is 9.79. The highest BCUT2D eigenvalue weighted by molar-refractivity contribution is 4.87. The minimum Gasteiger partial charge on any atom is -0.379 e. The predicted octanol–water partition coefficient (Wildman–Crippen LogP) is 2.52. The number of aliphatic hydroxyl groups is 1. The second kappa shape index (κ2) is 5.72. The lowest BCUT2D eigenvalue weighted by atomic mass is 9.70. The Bertz CT molecular complexity index is 160. The molecule has 0 aromatic heterocycles. The molecule has 1 aliphatic carbocycles. The SMILES string of the molecule is CCCC(NC(O)CC)C1CCC1C. The zero-order valence-corrected chi connectivity index (χ0v) is 9.79. The van der Waals surface area contributed by atoms with Gasteiger partial charge < -0.3 is 5.11 Å². The molecule has 0 aromatic carbocycles. The number of aliphatic hydroxyl groups excluding tert-OH is 1. The third-order valence-corrected chi connectivity index (χ3v) is 3.60. The Labute approximate surface area is 88.1 Å². The molecular formula is C12H25NO. The molecule has 84 valence electrons. The zero-order chi connectivity index (χ0) is 10.6. The van der Waals surface area contributed by atoms with Crippen molar-refractivity contribution in [2.75, 3.05) is 0 Å². The molecule has 4 unspecified atom stereocenters. The van der Waals surface area contributed by atoms with Crippen LogP contribution in [0.4, 0.5) is 0 Å². The van der Waals surface area contributed by atoms with E-state index in [0.29, 0.717) is 6.04 Å². The Kier molecular flexibility index (Phi) is 4.90. The van der Waals surface area contributed by atoms with Gasteiger partial charge in [-0.2, -0.15) is 0 Å². The second-order valence-electron chi connectivity index (χ2n) is 4.70. The van der Waals surface area contributed by atoms with Gasteiger partial charge in [-0.15, -0.1) is 0 Å². The molecule has 4 atom stereocenters. The van der Waals surface area contributed by atoms with E-state index in [-0.39, 0.29) is 6.23 Å². The molecule has 2 nitrogen and oxygen atoms in total. The first kappa shape index (κ1) is 12.0. The number of nitrogens with one attached hydrogen (secondary N) is 1. The Morgan fingerprint density at radius 2 is 2.07 bits per heavy atom. The van der Waals surface area contributed by atoms with Gasteiger partial charge in [0.2, 0.25) is 0 Å². The topological polar surface area (TPSA) is 32.3 Å². The fraction of sp³-hybridized carbons (Fsp3) is 1.00. The number of hydrogen-bond donors (Lipinski definition) is 2. The van der Waals surface area contributed by atoms with E-state index in [2.05, 4.69) is 19.2 Å². The summed E-state index contributed by atoms with van der Waals surface area (Å²) in [5.74, 6) is 1.65. The molecule has 14 heavy (non-hydrogen) atoms. The summed E-state index contributed by atoms with van der Waals surface area (Å²) in [7, 11) is 0. The molecule has 0 heterocycles. The maximum atomic E-state index is 9.60. The summed E-state index contributed by atoms with van der Waals surface area (Å²) in [6.45, 7) is 6.57. The Hall–Kier alpha value is -0.0800. The summed E-state index contributed by atoms with van der Waals surface area (Å²) in [4.78, 5) is 0. The van der Waals surface area contributed by atoms with Crippen LogP contribution in [0, 0.1) is 11.8 Å². The number of hydrogen-bond acceptors (Lipinski definition) is 2. The van der Waals surface area contributed by atoms with E-state index in [0.717, 1.165) is 18.3 Å². The fourth-order valence-electron chi connectivity index (χ4n) is 2.39. The molecule has 0 saturated heterocycles. The summed E-state index contributed by atoms with van der Waals surface area (Å²) in [6, 6.07) is 0.540. The van der Waals surface area contributed by atoms with Crippen molar-refractivity contribution >= 4 is 0 Å². The van der Waals surface area contributed by atoms with Crippen LogP contribution in [-0.4, -0.2) is 17.4 Å². The van der Waals surface area contributed by atoms with Gasteiger partial charge in [0.05, 0.1) is 0 Å². The lowest BCUT2D eigenvalue weighted by Gasteiger charge is -2.41. The Morgan fingerprint density at radius 1 is 1.36 bits per heavy atom. The molecule has 2 heteroatoms. The molecule has 1 saturated carbocycles. The van der Waals surface area contributed by atoms with Gasteiger partial charge in [-0.05, 0) is 31.1 Å². The lowest BCUT2D eigenvalue weighted by Crippen LogP contribution is -2.47. The maximum Gasteiger partial charge on any atom is 0.104 e. The second-order valence-corrected chi connectivity index (χ2v) is 4.70. The first-order valence-electron chi connectivity index (χ1n) is 6.13. The van der Waals surface area contributed by atoms with Crippen molar-refractivity contribution in [3.63, 3.8) is 0 Å². The molecule has 1 aliphatic rings. The van der Waals surface area contributed by atoms with Crippen LogP contribution in [0.25, 0.3) is 0 Å². The van der Waals surface area contributed by atoms with Crippen molar-refractivity contribution in [3.8, 4) is 0 Å². The average Bonchev–Trinajstić information content (AvgIpc) is 2.15. The predicted molar refractivity (Wildman–Crippen MR) is 60.0 cm³/mol. The minimum absolute atomic E-state index is 0.306. The van der Waals surface area contributed by atoms with E-state index in [1.165, 1.54) is 25.7 Å². The van der Waals surface area contributed by atoms with E-state index in [4.69, 9.17) is 0 Å². The van der Waals surface area contributed by atoms with Gasteiger partial charge in [-0.1, -0.05) is 33.6 Å². The van der Waals surface area contributed by atoms with E-state index < -0.39 is 0 Å². The quantitative estimate of drug-likeness (QED) is 0.644. The summed E-state index contributed by atoms with van der Waals surface area (Å²) in [5, 5.41) is 13.0. The van der Waals surface area contributed by atoms with E-state index in [1.807, 2.05) is 6.92 Å². The van der Waals surface area contributed by atoms with Crippen LogP contribution < -0.4 is 5.32 Å². The van der Waals surface area contributed by atoms with Crippen molar-refractivity contribution < 1.29 is 5.11 Å². The van der Waals surface area contributed by atoms with Crippen LogP contribution >= 0.6 is 0 Å². The van der Waals surface area contributed by atoms with Crippen molar-refractivity contribution in [3.05, 3.63) is 0 Å². The maximum absolute atomic E-state index is 9.60. The van der Waals surface area contributed by atoms with Crippen LogP contribution in [0.2, 0.25) is 0 Å². The lowest BCUT2D eigenvalue weighted by molar-refractivity contribution is 0.0624. The molecule has 1 rings (SSSR count). The molecule has 0 aromatic rings. The third kappa shape index (κ3) is 2.96. The first-order valence-corrected chi connectivity index (χ1v) is 6.13. The third-order valence-electron chi connectivity index (χ3n) is 3.60. The molecule has 0 aliphatic heterocycles. The molecule has 0 radical (unpaired) electrons. The summed E-state index contributed by atoms with van der Waals surface area (Å²) in [5.41, 5.74) is 0. The van der Waals surface area contributed by atoms with Crippen LogP contribution in [0.15, 0.2) is 0 Å². The van der Waals surface area contributed by atoms with E-state index in [1.54, 1.807) is 0 Å². The highest BCUT2D eigenvalue weighted by atomic mass is 16.3. The van der Waals surface area contributed by atoms with Gasteiger partial charge in [-0.3, -0.25) is 5.32 Å². The van der Waals surface area contributed by atoms with Gasteiger partial charge in [0.1, 0.15) is 6.23 Å². The highest BCUT2D eigenvalue weighted by Gasteiger charge is 2.33. The Morgan fingerprint density at radius 3 is 2.43 bits per heavy atom. The molecule has 0 amide bonds. The number of rotatable bonds is 6. The van der Waals surface area contributed by atoms with Crippen molar-refractivity contribution in [1.29, 1.82) is 0 Å². The van der Waals surface area contributed by atoms with E-state index in [9.17, 15) is 5.11 Å². The van der Waals surface area contributed by atoms with Crippen molar-refractivity contribution in [2.45, 2.75) is 65.1 Å². The molecule has 2 N–H and O–H groups in total. The average molecular weight is 199 g/mol. The smallest absolute Gasteiger partial charge is 0.104 e. The first-order chi connectivity index (χ1) is 6.69. The van der Waals surface area contributed by atoms with Crippen molar-refractivity contribution in [2.24, 2.45) is 11.8 Å². The van der Waals surface area contributed by atoms with Crippen LogP contribution in [0.3, 0.4) is 0 Å². The van der Waals surface area contributed by atoms with Gasteiger partial charge in [0.25, 0.3) is 0 Å². The minimum atomic E-state index is -0.306. The Balaban J connectivity index is 2.37. The van der Waals surface area contributed by atoms with Gasteiger partial charge in [0.15, 0.2) is 0 Å². The van der Waals surface area contributed by atoms with Crippen molar-refractivity contribution in [1.82, 2.24) is 5.32 Å². The molecule has 1 fully saturated rings.